The van der Waals surface area contributed by atoms with Gasteiger partial charge >= 0.3 is 0 Å². The van der Waals surface area contributed by atoms with Crippen LogP contribution < -0.4 is 0 Å². The molecule has 16 heavy (non-hydrogen) atoms. The van der Waals surface area contributed by atoms with Gasteiger partial charge in [-0.15, -0.1) is 0 Å². The Morgan fingerprint density at radius 1 is 1.25 bits per heavy atom. The average Bonchev–Trinajstić information content (AvgIpc) is 2.29. The molecule has 2 heteroatoms. The number of rotatable bonds is 2. The van der Waals surface area contributed by atoms with Gasteiger partial charge in [0.1, 0.15) is 0 Å². The quantitative estimate of drug-likeness (QED) is 0.847. The van der Waals surface area contributed by atoms with E-state index in [-0.39, 0.29) is 0 Å². The summed E-state index contributed by atoms with van der Waals surface area (Å²) in [4.78, 5) is 0. The van der Waals surface area contributed by atoms with E-state index in [4.69, 9.17) is 0 Å². The summed E-state index contributed by atoms with van der Waals surface area (Å²) in [5.41, 5.74) is 1.71. The topological polar surface area (TPSA) is 20.2 Å². The van der Waals surface area contributed by atoms with Gasteiger partial charge in [0.15, 0.2) is 0 Å². The molecule has 1 aromatic carbocycles. The van der Waals surface area contributed by atoms with Crippen LogP contribution >= 0.6 is 11.8 Å². The first kappa shape index (κ1) is 12.0. The summed E-state index contributed by atoms with van der Waals surface area (Å²) in [5, 5.41) is 10.0. The van der Waals surface area contributed by atoms with Crippen LogP contribution in [0.4, 0.5) is 0 Å². The predicted octanol–water partition coefficient (Wildman–Crippen LogP) is 3.52. The van der Waals surface area contributed by atoms with Crippen LogP contribution in [0.2, 0.25) is 0 Å². The van der Waals surface area contributed by atoms with Crippen LogP contribution in [0.5, 0.6) is 0 Å². The molecule has 0 bridgehead atoms. The molecule has 0 saturated carbocycles. The zero-order valence-corrected chi connectivity index (χ0v) is 10.9. The minimum atomic E-state index is -0.723. The molecular weight excluding hydrogens is 216 g/mol. The Morgan fingerprint density at radius 3 is 2.56 bits per heavy atom. The largest absolute Gasteiger partial charge is 0.386 e. The molecule has 1 aromatic rings. The smallest absolute Gasteiger partial charge is 0.0840 e. The number of hydrogen-bond acceptors (Lipinski definition) is 2. The van der Waals surface area contributed by atoms with Crippen molar-refractivity contribution < 1.29 is 5.11 Å². The van der Waals surface area contributed by atoms with Gasteiger partial charge in [-0.25, -0.2) is 0 Å². The van der Waals surface area contributed by atoms with Crippen LogP contribution in [-0.4, -0.2) is 16.6 Å². The van der Waals surface area contributed by atoms with Crippen molar-refractivity contribution in [2.24, 2.45) is 0 Å². The van der Waals surface area contributed by atoms with Crippen molar-refractivity contribution in [3.05, 3.63) is 35.4 Å². The summed E-state index contributed by atoms with van der Waals surface area (Å²) in [6, 6.07) is 8.47. The fraction of sp³-hybridized carbons (Fsp3) is 0.571. The van der Waals surface area contributed by atoms with E-state index in [0.717, 1.165) is 5.56 Å². The molecule has 0 radical (unpaired) electrons. The Morgan fingerprint density at radius 2 is 1.94 bits per heavy atom. The standard InChI is InChI=1S/C14H20OS/c1-14(2,15)13-5-3-4-12(10-13)11-6-8-16-9-7-11/h3-5,10-11,15H,6-9H2,1-2H3. The predicted molar refractivity (Wildman–Crippen MR) is 71.0 cm³/mol. The van der Waals surface area contributed by atoms with Crippen LogP contribution in [-0.2, 0) is 5.60 Å². The summed E-state index contributed by atoms with van der Waals surface area (Å²) in [7, 11) is 0. The Labute approximate surface area is 102 Å². The first-order valence-electron chi connectivity index (χ1n) is 5.98. The summed E-state index contributed by atoms with van der Waals surface area (Å²) in [5.74, 6) is 3.25. The molecule has 1 aliphatic rings. The lowest BCUT2D eigenvalue weighted by atomic mass is 9.89. The number of hydrogen-bond donors (Lipinski definition) is 1. The molecule has 2 rings (SSSR count). The highest BCUT2D eigenvalue weighted by molar-refractivity contribution is 7.99. The van der Waals surface area contributed by atoms with Gasteiger partial charge < -0.3 is 5.11 Å². The van der Waals surface area contributed by atoms with E-state index in [1.807, 2.05) is 19.9 Å². The minimum Gasteiger partial charge on any atom is -0.386 e. The van der Waals surface area contributed by atoms with E-state index >= 15 is 0 Å². The monoisotopic (exact) mass is 236 g/mol. The van der Waals surface area contributed by atoms with E-state index in [1.54, 1.807) is 0 Å². The molecule has 0 aliphatic carbocycles. The Hall–Kier alpha value is -0.470. The van der Waals surface area contributed by atoms with Gasteiger partial charge in [-0.05, 0) is 55.2 Å². The highest BCUT2D eigenvalue weighted by atomic mass is 32.2. The molecule has 0 unspecified atom stereocenters. The van der Waals surface area contributed by atoms with Gasteiger partial charge in [0.05, 0.1) is 5.60 Å². The van der Waals surface area contributed by atoms with Crippen molar-refractivity contribution in [3.63, 3.8) is 0 Å². The van der Waals surface area contributed by atoms with Crippen LogP contribution in [0.15, 0.2) is 24.3 Å². The SMILES string of the molecule is CC(C)(O)c1cccc(C2CCSCC2)c1. The van der Waals surface area contributed by atoms with Crippen LogP contribution in [0, 0.1) is 0 Å². The Bertz CT molecular complexity index is 348. The Kier molecular flexibility index (Phi) is 3.60. The number of thioether (sulfide) groups is 1. The summed E-state index contributed by atoms with van der Waals surface area (Å²) >= 11 is 2.05. The second-order valence-electron chi connectivity index (χ2n) is 5.07. The first-order chi connectivity index (χ1) is 7.57. The van der Waals surface area contributed by atoms with Crippen molar-refractivity contribution in [1.29, 1.82) is 0 Å². The van der Waals surface area contributed by atoms with E-state index in [1.165, 1.54) is 29.9 Å². The fourth-order valence-corrected chi connectivity index (χ4v) is 3.31. The molecule has 1 saturated heterocycles. The Balaban J connectivity index is 2.21. The van der Waals surface area contributed by atoms with Gasteiger partial charge in [0.25, 0.3) is 0 Å². The van der Waals surface area contributed by atoms with Crippen molar-refractivity contribution in [2.75, 3.05) is 11.5 Å². The normalized spacial score (nSPS) is 18.7. The highest BCUT2D eigenvalue weighted by Gasteiger charge is 2.20. The third-order valence-electron chi connectivity index (χ3n) is 3.29. The molecule has 0 amide bonds. The molecule has 1 heterocycles. The van der Waals surface area contributed by atoms with Crippen molar-refractivity contribution >= 4 is 11.8 Å². The number of benzene rings is 1. The minimum absolute atomic E-state index is 0.698. The molecule has 0 spiro atoms. The molecule has 0 aromatic heterocycles. The van der Waals surface area contributed by atoms with E-state index in [0.29, 0.717) is 5.92 Å². The van der Waals surface area contributed by atoms with E-state index < -0.39 is 5.60 Å². The lowest BCUT2D eigenvalue weighted by Crippen LogP contribution is -2.16. The van der Waals surface area contributed by atoms with Gasteiger partial charge in [0.2, 0.25) is 0 Å². The third kappa shape index (κ3) is 2.80. The van der Waals surface area contributed by atoms with Gasteiger partial charge in [-0.2, -0.15) is 11.8 Å². The maximum atomic E-state index is 10.0. The zero-order chi connectivity index (χ0) is 11.6. The van der Waals surface area contributed by atoms with Crippen LogP contribution in [0.3, 0.4) is 0 Å². The van der Waals surface area contributed by atoms with Crippen LogP contribution in [0.1, 0.15) is 43.7 Å². The highest BCUT2D eigenvalue weighted by Crippen LogP contribution is 2.33. The van der Waals surface area contributed by atoms with Crippen LogP contribution in [0.25, 0.3) is 0 Å². The fourth-order valence-electron chi connectivity index (χ4n) is 2.20. The maximum absolute atomic E-state index is 10.0. The lowest BCUT2D eigenvalue weighted by molar-refractivity contribution is 0.0785. The maximum Gasteiger partial charge on any atom is 0.0840 e. The van der Waals surface area contributed by atoms with Crippen molar-refractivity contribution in [1.82, 2.24) is 0 Å². The first-order valence-corrected chi connectivity index (χ1v) is 7.13. The summed E-state index contributed by atoms with van der Waals surface area (Å²) < 4.78 is 0. The van der Waals surface area contributed by atoms with Gasteiger partial charge in [-0.3, -0.25) is 0 Å². The molecular formula is C14H20OS. The summed E-state index contributed by atoms with van der Waals surface area (Å²) in [6.07, 6.45) is 2.56. The molecule has 88 valence electrons. The van der Waals surface area contributed by atoms with Crippen molar-refractivity contribution in [2.45, 2.75) is 38.2 Å². The second-order valence-corrected chi connectivity index (χ2v) is 6.30. The molecule has 1 fully saturated rings. The molecule has 1 N–H and O–H groups in total. The second kappa shape index (κ2) is 4.80. The molecule has 1 aliphatic heterocycles. The summed E-state index contributed by atoms with van der Waals surface area (Å²) in [6.45, 7) is 3.70. The van der Waals surface area contributed by atoms with E-state index in [2.05, 4.69) is 30.0 Å². The average molecular weight is 236 g/mol. The van der Waals surface area contributed by atoms with E-state index in [9.17, 15) is 5.11 Å². The molecule has 0 atom stereocenters. The zero-order valence-electron chi connectivity index (χ0n) is 10.1. The number of aliphatic hydroxyl groups is 1. The van der Waals surface area contributed by atoms with Crippen molar-refractivity contribution in [3.8, 4) is 0 Å². The molecule has 1 nitrogen and oxygen atoms in total. The van der Waals surface area contributed by atoms with Gasteiger partial charge in [0, 0.05) is 0 Å². The lowest BCUT2D eigenvalue weighted by Gasteiger charge is -2.24. The third-order valence-corrected chi connectivity index (χ3v) is 4.33. The van der Waals surface area contributed by atoms with Gasteiger partial charge in [-0.1, -0.05) is 24.3 Å².